The Bertz CT molecular complexity index is 644. The average Bonchev–Trinajstić information content (AvgIpc) is 2.78. The molecular formula is C13H10F3NO3. The Morgan fingerprint density at radius 1 is 1.30 bits per heavy atom. The molecule has 2 rings (SSSR count). The molecule has 0 unspecified atom stereocenters. The molecule has 0 saturated carbocycles. The second kappa shape index (κ2) is 5.36. The Kier molecular flexibility index (Phi) is 3.78. The molecule has 0 bridgehead atoms. The number of benzene rings is 1. The molecule has 0 radical (unpaired) electrons. The zero-order chi connectivity index (χ0) is 14.9. The predicted molar refractivity (Wildman–Crippen MR) is 62.5 cm³/mol. The minimum Gasteiger partial charge on any atom is -0.460 e. The van der Waals surface area contributed by atoms with Crippen molar-refractivity contribution in [2.75, 3.05) is 6.61 Å². The molecule has 20 heavy (non-hydrogen) atoms. The second-order valence-electron chi connectivity index (χ2n) is 3.91. The first-order valence-electron chi connectivity index (χ1n) is 5.73. The van der Waals surface area contributed by atoms with Gasteiger partial charge in [-0.1, -0.05) is 0 Å². The fraction of sp³-hybridized carbons (Fsp3) is 0.231. The van der Waals surface area contributed by atoms with Gasteiger partial charge in [-0.15, -0.1) is 0 Å². The number of hydrogen-bond donors (Lipinski definition) is 0. The van der Waals surface area contributed by atoms with Crippen LogP contribution in [0, 0.1) is 24.4 Å². The van der Waals surface area contributed by atoms with Crippen molar-refractivity contribution >= 4 is 5.97 Å². The number of oxazole rings is 1. The molecule has 0 aliphatic rings. The third kappa shape index (κ3) is 2.52. The van der Waals surface area contributed by atoms with Gasteiger partial charge in [0.05, 0.1) is 12.3 Å². The monoisotopic (exact) mass is 285 g/mol. The number of aryl methyl sites for hydroxylation is 1. The van der Waals surface area contributed by atoms with Crippen molar-refractivity contribution in [2.45, 2.75) is 13.8 Å². The molecule has 0 fully saturated rings. The van der Waals surface area contributed by atoms with Crippen LogP contribution in [0.15, 0.2) is 16.5 Å². The largest absolute Gasteiger partial charge is 0.460 e. The quantitative estimate of drug-likeness (QED) is 0.641. The van der Waals surface area contributed by atoms with Gasteiger partial charge < -0.3 is 9.15 Å². The number of aromatic nitrogens is 1. The smallest absolute Gasteiger partial charge is 0.376 e. The molecule has 7 heteroatoms. The molecule has 106 valence electrons. The molecule has 4 nitrogen and oxygen atoms in total. The van der Waals surface area contributed by atoms with Crippen LogP contribution in [0.2, 0.25) is 0 Å². The van der Waals surface area contributed by atoms with Gasteiger partial charge in [-0.05, 0) is 26.0 Å². The van der Waals surface area contributed by atoms with Crippen LogP contribution in [0.25, 0.3) is 11.5 Å². The van der Waals surface area contributed by atoms with Crippen molar-refractivity contribution in [2.24, 2.45) is 0 Å². The minimum absolute atomic E-state index is 0.111. The Morgan fingerprint density at radius 3 is 2.45 bits per heavy atom. The normalized spacial score (nSPS) is 10.7. The van der Waals surface area contributed by atoms with Crippen LogP contribution in [-0.2, 0) is 4.74 Å². The van der Waals surface area contributed by atoms with Crippen LogP contribution in [0.3, 0.4) is 0 Å². The summed E-state index contributed by atoms with van der Waals surface area (Å²) in [5.74, 6) is -5.40. The lowest BCUT2D eigenvalue weighted by molar-refractivity contribution is 0.0490. The van der Waals surface area contributed by atoms with Crippen molar-refractivity contribution < 1.29 is 27.1 Å². The maximum absolute atomic E-state index is 13.1. The van der Waals surface area contributed by atoms with E-state index in [0.29, 0.717) is 0 Å². The van der Waals surface area contributed by atoms with Crippen molar-refractivity contribution in [3.05, 3.63) is 41.0 Å². The van der Waals surface area contributed by atoms with E-state index in [1.807, 2.05) is 0 Å². The summed E-state index contributed by atoms with van der Waals surface area (Å²) in [4.78, 5) is 15.4. The molecular weight excluding hydrogens is 275 g/mol. The summed E-state index contributed by atoms with van der Waals surface area (Å²) < 4.78 is 49.0. The van der Waals surface area contributed by atoms with Crippen LogP contribution in [0.1, 0.15) is 23.2 Å². The number of rotatable bonds is 3. The van der Waals surface area contributed by atoms with E-state index in [1.54, 1.807) is 6.92 Å². The highest BCUT2D eigenvalue weighted by atomic mass is 19.2. The van der Waals surface area contributed by atoms with Gasteiger partial charge >= 0.3 is 5.97 Å². The Hall–Kier alpha value is -2.31. The van der Waals surface area contributed by atoms with E-state index in [4.69, 9.17) is 9.15 Å². The third-order valence-corrected chi connectivity index (χ3v) is 2.49. The highest BCUT2D eigenvalue weighted by Crippen LogP contribution is 2.25. The van der Waals surface area contributed by atoms with Gasteiger partial charge in [0.2, 0.25) is 11.7 Å². The number of carbonyl (C=O) groups is 1. The third-order valence-electron chi connectivity index (χ3n) is 2.49. The van der Waals surface area contributed by atoms with Gasteiger partial charge in [0.15, 0.2) is 17.5 Å². The van der Waals surface area contributed by atoms with E-state index >= 15 is 0 Å². The standard InChI is InChI=1S/C13H10F3NO3/c1-3-19-13(18)11-6(2)17-12(20-11)7-4-8(14)10(16)9(15)5-7/h4-5H,3H2,1-2H3. The fourth-order valence-corrected chi connectivity index (χ4v) is 1.58. The summed E-state index contributed by atoms with van der Waals surface area (Å²) in [6.45, 7) is 3.25. The molecule has 1 aromatic carbocycles. The number of carbonyl (C=O) groups excluding carboxylic acids is 1. The van der Waals surface area contributed by atoms with Gasteiger partial charge in [0.1, 0.15) is 0 Å². The lowest BCUT2D eigenvalue weighted by atomic mass is 10.2. The van der Waals surface area contributed by atoms with Gasteiger partial charge in [-0.25, -0.2) is 22.9 Å². The summed E-state index contributed by atoms with van der Waals surface area (Å²) in [6.07, 6.45) is 0. The van der Waals surface area contributed by atoms with Crippen molar-refractivity contribution in [1.29, 1.82) is 0 Å². The van der Waals surface area contributed by atoms with Crippen LogP contribution in [0.4, 0.5) is 13.2 Å². The van der Waals surface area contributed by atoms with E-state index in [9.17, 15) is 18.0 Å². The second-order valence-corrected chi connectivity index (χ2v) is 3.91. The Labute approximate surface area is 112 Å². The lowest BCUT2D eigenvalue weighted by Crippen LogP contribution is -2.04. The zero-order valence-corrected chi connectivity index (χ0v) is 10.7. The number of halogens is 3. The first kappa shape index (κ1) is 14.1. The van der Waals surface area contributed by atoms with E-state index < -0.39 is 23.4 Å². The maximum Gasteiger partial charge on any atom is 0.376 e. The average molecular weight is 285 g/mol. The molecule has 0 amide bonds. The van der Waals surface area contributed by atoms with E-state index in [2.05, 4.69) is 4.98 Å². The summed E-state index contributed by atoms with van der Waals surface area (Å²) in [5, 5.41) is 0. The molecule has 0 N–H and O–H groups in total. The highest BCUT2D eigenvalue weighted by Gasteiger charge is 2.21. The van der Waals surface area contributed by atoms with Gasteiger partial charge in [0.25, 0.3) is 0 Å². The van der Waals surface area contributed by atoms with Crippen molar-refractivity contribution in [3.8, 4) is 11.5 Å². The molecule has 0 aliphatic heterocycles. The number of hydrogen-bond acceptors (Lipinski definition) is 4. The van der Waals surface area contributed by atoms with E-state index in [1.165, 1.54) is 6.92 Å². The highest BCUT2D eigenvalue weighted by molar-refractivity contribution is 5.87. The van der Waals surface area contributed by atoms with Crippen LogP contribution >= 0.6 is 0 Å². The van der Waals surface area contributed by atoms with E-state index in [0.717, 1.165) is 12.1 Å². The van der Waals surface area contributed by atoms with Gasteiger partial charge in [-0.2, -0.15) is 0 Å². The Morgan fingerprint density at radius 2 is 1.90 bits per heavy atom. The lowest BCUT2D eigenvalue weighted by Gasteiger charge is -1.99. The SMILES string of the molecule is CCOC(=O)c1oc(-c2cc(F)c(F)c(F)c2)nc1C. The van der Waals surface area contributed by atoms with Gasteiger partial charge in [-0.3, -0.25) is 0 Å². The van der Waals surface area contributed by atoms with E-state index in [-0.39, 0.29) is 29.5 Å². The number of esters is 1. The molecule has 2 aromatic rings. The summed E-state index contributed by atoms with van der Waals surface area (Å²) in [7, 11) is 0. The van der Waals surface area contributed by atoms with Crippen LogP contribution in [-0.4, -0.2) is 17.6 Å². The summed E-state index contributed by atoms with van der Waals surface area (Å²) >= 11 is 0. The topological polar surface area (TPSA) is 52.3 Å². The Balaban J connectivity index is 2.44. The number of nitrogens with zero attached hydrogens (tertiary/aromatic N) is 1. The summed E-state index contributed by atoms with van der Waals surface area (Å²) in [6, 6.07) is 1.47. The number of ether oxygens (including phenoxy) is 1. The molecule has 0 spiro atoms. The molecule has 1 heterocycles. The van der Waals surface area contributed by atoms with Crippen LogP contribution < -0.4 is 0 Å². The molecule has 0 saturated heterocycles. The van der Waals surface area contributed by atoms with Crippen molar-refractivity contribution in [3.63, 3.8) is 0 Å². The first-order valence-corrected chi connectivity index (χ1v) is 5.73. The predicted octanol–water partition coefficient (Wildman–Crippen LogP) is 3.24. The molecule has 1 aromatic heterocycles. The summed E-state index contributed by atoms with van der Waals surface area (Å²) in [5.41, 5.74) is 0.101. The minimum atomic E-state index is -1.58. The fourth-order valence-electron chi connectivity index (χ4n) is 1.58. The molecule has 0 atom stereocenters. The van der Waals surface area contributed by atoms with Gasteiger partial charge in [0, 0.05) is 5.56 Å². The maximum atomic E-state index is 13.1. The van der Waals surface area contributed by atoms with Crippen LogP contribution in [0.5, 0.6) is 0 Å². The molecule has 0 aliphatic carbocycles. The first-order chi connectivity index (χ1) is 9.43. The zero-order valence-electron chi connectivity index (χ0n) is 10.7. The van der Waals surface area contributed by atoms with Crippen molar-refractivity contribution in [1.82, 2.24) is 4.98 Å².